The Morgan fingerprint density at radius 2 is 1.74 bits per heavy atom. The van der Waals surface area contributed by atoms with Crippen molar-refractivity contribution in [3.8, 4) is 0 Å². The second-order valence-electron chi connectivity index (χ2n) is 10.9. The van der Waals surface area contributed by atoms with Crippen LogP contribution in [0, 0.1) is 17.8 Å². The molecule has 5 saturated carbocycles. The van der Waals surface area contributed by atoms with Gasteiger partial charge in [-0.1, -0.05) is 0 Å². The fraction of sp³-hybridized carbons (Fsp3) is 0.583. The van der Waals surface area contributed by atoms with E-state index >= 15 is 0 Å². The third-order valence-electron chi connectivity index (χ3n) is 8.30. The number of anilines is 1. The van der Waals surface area contributed by atoms with Crippen LogP contribution in [0.15, 0.2) is 24.5 Å². The molecule has 0 spiro atoms. The zero-order valence-electron chi connectivity index (χ0n) is 18.6. The quantitative estimate of drug-likeness (QED) is 0.582. The van der Waals surface area contributed by atoms with Gasteiger partial charge in [-0.05, 0) is 75.2 Å². The molecule has 3 aromatic rings. The van der Waals surface area contributed by atoms with Crippen molar-refractivity contribution >= 4 is 17.2 Å². The molecule has 3 heterocycles. The van der Waals surface area contributed by atoms with E-state index in [0.717, 1.165) is 60.4 Å². The van der Waals surface area contributed by atoms with Crippen molar-refractivity contribution in [2.75, 3.05) is 5.32 Å². The Hall–Kier alpha value is -2.91. The van der Waals surface area contributed by atoms with Gasteiger partial charge in [0, 0.05) is 23.9 Å². The van der Waals surface area contributed by atoms with Gasteiger partial charge in [0.15, 0.2) is 11.3 Å². The van der Waals surface area contributed by atoms with Gasteiger partial charge in [-0.3, -0.25) is 9.48 Å². The van der Waals surface area contributed by atoms with Gasteiger partial charge in [-0.2, -0.15) is 23.4 Å². The van der Waals surface area contributed by atoms with Crippen molar-refractivity contribution < 1.29 is 18.0 Å². The van der Waals surface area contributed by atoms with Gasteiger partial charge in [0.05, 0.1) is 17.4 Å². The van der Waals surface area contributed by atoms with E-state index in [1.165, 1.54) is 25.3 Å². The number of halogens is 3. The number of carbonyl (C=O) groups excluding carboxylic acids is 1. The maximum atomic E-state index is 13.7. The van der Waals surface area contributed by atoms with Crippen molar-refractivity contribution in [3.63, 3.8) is 0 Å². The number of hydrogen-bond acceptors (Lipinski definition) is 4. The summed E-state index contributed by atoms with van der Waals surface area (Å²) < 4.78 is 43.7. The Bertz CT molecular complexity index is 1270. The molecule has 10 heteroatoms. The molecule has 178 valence electrons. The topological polar surface area (TPSA) is 77.1 Å². The summed E-state index contributed by atoms with van der Waals surface area (Å²) in [6.07, 6.45) is 7.94. The SMILES string of the molecule is O=C(Nc1cnn(C23CC4CC(CC(C4)C2)C3)c1)c1cc2nc(C3CC3)cc(C(F)(F)F)n2n1. The highest BCUT2D eigenvalue weighted by atomic mass is 19.4. The molecule has 5 aliphatic rings. The second-order valence-corrected chi connectivity index (χ2v) is 10.9. The molecule has 34 heavy (non-hydrogen) atoms. The molecule has 5 fully saturated rings. The first-order valence-corrected chi connectivity index (χ1v) is 12.1. The molecule has 0 atom stereocenters. The van der Waals surface area contributed by atoms with E-state index in [-0.39, 0.29) is 22.8 Å². The highest BCUT2D eigenvalue weighted by Gasteiger charge is 2.52. The molecule has 0 unspecified atom stereocenters. The lowest BCUT2D eigenvalue weighted by atomic mass is 9.53. The molecular formula is C24H25F3N6O. The Morgan fingerprint density at radius 3 is 2.35 bits per heavy atom. The second kappa shape index (κ2) is 6.82. The normalized spacial score (nSPS) is 30.3. The number of alkyl halides is 3. The van der Waals surface area contributed by atoms with Crippen molar-refractivity contribution in [2.45, 2.75) is 69.0 Å². The standard InChI is InChI=1S/C24H25F3N6O/c25-24(26,27)20-6-18(16-1-2-16)30-21-7-19(31-33(20)21)22(34)29-17-11-28-32(12-17)23-8-13-3-14(9-23)5-15(4-13)10-23/h6-7,11-16H,1-5,8-10H2,(H,29,34). The van der Waals surface area contributed by atoms with Crippen LogP contribution in [0.25, 0.3) is 5.65 Å². The van der Waals surface area contributed by atoms with Gasteiger partial charge in [0.1, 0.15) is 5.69 Å². The van der Waals surface area contributed by atoms with Crippen molar-refractivity contribution in [3.05, 3.63) is 41.6 Å². The molecule has 5 aliphatic carbocycles. The number of fused-ring (bicyclic) bond motifs is 1. The highest BCUT2D eigenvalue weighted by Crippen LogP contribution is 2.58. The number of hydrogen-bond donors (Lipinski definition) is 1. The molecule has 0 radical (unpaired) electrons. The van der Waals surface area contributed by atoms with E-state index in [1.807, 2.05) is 10.9 Å². The number of amides is 1. The molecule has 0 aromatic carbocycles. The number of aromatic nitrogens is 5. The first kappa shape index (κ1) is 20.5. The van der Waals surface area contributed by atoms with E-state index in [2.05, 4.69) is 20.5 Å². The summed E-state index contributed by atoms with van der Waals surface area (Å²) in [4.78, 5) is 17.2. The minimum Gasteiger partial charge on any atom is -0.318 e. The molecule has 1 amide bonds. The highest BCUT2D eigenvalue weighted by molar-refractivity contribution is 6.03. The lowest BCUT2D eigenvalue weighted by Gasteiger charge is -2.56. The van der Waals surface area contributed by atoms with Crippen LogP contribution in [0.4, 0.5) is 18.9 Å². The number of rotatable bonds is 4. The van der Waals surface area contributed by atoms with Gasteiger partial charge in [-0.25, -0.2) is 9.50 Å². The molecule has 0 aliphatic heterocycles. The lowest BCUT2D eigenvalue weighted by molar-refractivity contribution is -0.142. The molecule has 7 nitrogen and oxygen atoms in total. The van der Waals surface area contributed by atoms with Crippen molar-refractivity contribution in [1.29, 1.82) is 0 Å². The Morgan fingerprint density at radius 1 is 1.06 bits per heavy atom. The molecular weight excluding hydrogens is 445 g/mol. The predicted molar refractivity (Wildman–Crippen MR) is 116 cm³/mol. The molecule has 0 saturated heterocycles. The Kier molecular flexibility index (Phi) is 4.11. The van der Waals surface area contributed by atoms with Gasteiger partial charge >= 0.3 is 6.18 Å². The van der Waals surface area contributed by atoms with Crippen LogP contribution in [0.2, 0.25) is 0 Å². The first-order chi connectivity index (χ1) is 16.3. The third-order valence-corrected chi connectivity index (χ3v) is 8.30. The number of nitrogens with zero attached hydrogens (tertiary/aromatic N) is 5. The van der Waals surface area contributed by atoms with Crippen molar-refractivity contribution in [1.82, 2.24) is 24.4 Å². The van der Waals surface area contributed by atoms with Crippen LogP contribution in [0.1, 0.15) is 79.2 Å². The van der Waals surface area contributed by atoms with E-state index in [0.29, 0.717) is 11.4 Å². The molecule has 4 bridgehead atoms. The lowest BCUT2D eigenvalue weighted by Crippen LogP contribution is -2.52. The zero-order valence-corrected chi connectivity index (χ0v) is 18.6. The largest absolute Gasteiger partial charge is 0.433 e. The molecule has 3 aromatic heterocycles. The average Bonchev–Trinajstić information content (AvgIpc) is 3.34. The van der Waals surface area contributed by atoms with Gasteiger partial charge in [0.2, 0.25) is 0 Å². The summed E-state index contributed by atoms with van der Waals surface area (Å²) >= 11 is 0. The summed E-state index contributed by atoms with van der Waals surface area (Å²) in [6, 6.07) is 2.37. The van der Waals surface area contributed by atoms with Crippen molar-refractivity contribution in [2.24, 2.45) is 17.8 Å². The summed E-state index contributed by atoms with van der Waals surface area (Å²) in [7, 11) is 0. The van der Waals surface area contributed by atoms with E-state index in [4.69, 9.17) is 0 Å². The fourth-order valence-corrected chi connectivity index (χ4v) is 7.08. The van der Waals surface area contributed by atoms with Crippen LogP contribution >= 0.6 is 0 Å². The van der Waals surface area contributed by atoms with Crippen LogP contribution in [0.5, 0.6) is 0 Å². The van der Waals surface area contributed by atoms with Crippen LogP contribution in [-0.2, 0) is 11.7 Å². The van der Waals surface area contributed by atoms with Crippen LogP contribution < -0.4 is 5.32 Å². The summed E-state index contributed by atoms with van der Waals surface area (Å²) in [5, 5.41) is 11.3. The van der Waals surface area contributed by atoms with E-state index in [1.54, 1.807) is 6.20 Å². The smallest absolute Gasteiger partial charge is 0.318 e. The molecule has 1 N–H and O–H groups in total. The summed E-state index contributed by atoms with van der Waals surface area (Å²) in [6.45, 7) is 0. The number of nitrogens with one attached hydrogen (secondary N) is 1. The van der Waals surface area contributed by atoms with Gasteiger partial charge < -0.3 is 5.32 Å². The number of carbonyl (C=O) groups is 1. The minimum absolute atomic E-state index is 0.0333. The third kappa shape index (κ3) is 3.25. The monoisotopic (exact) mass is 470 g/mol. The average molecular weight is 470 g/mol. The predicted octanol–water partition coefficient (Wildman–Crippen LogP) is 5.00. The van der Waals surface area contributed by atoms with E-state index in [9.17, 15) is 18.0 Å². The Labute approximate surface area is 193 Å². The first-order valence-electron chi connectivity index (χ1n) is 12.1. The van der Waals surface area contributed by atoms with E-state index < -0.39 is 17.8 Å². The van der Waals surface area contributed by atoms with Gasteiger partial charge in [-0.15, -0.1) is 0 Å². The van der Waals surface area contributed by atoms with Gasteiger partial charge in [0.25, 0.3) is 5.91 Å². The summed E-state index contributed by atoms with van der Waals surface area (Å²) in [5.74, 6) is 1.78. The minimum atomic E-state index is -4.59. The molecule has 8 rings (SSSR count). The fourth-order valence-electron chi connectivity index (χ4n) is 7.08. The maximum Gasteiger partial charge on any atom is 0.433 e. The maximum absolute atomic E-state index is 13.7. The van der Waals surface area contributed by atoms with Crippen LogP contribution in [0.3, 0.4) is 0 Å². The van der Waals surface area contributed by atoms with Crippen LogP contribution in [-0.4, -0.2) is 30.3 Å². The Balaban J connectivity index is 1.16. The summed E-state index contributed by atoms with van der Waals surface area (Å²) in [5.41, 5.74) is -0.0114. The zero-order chi connectivity index (χ0) is 23.2.